The van der Waals surface area contributed by atoms with E-state index in [1.807, 2.05) is 84.9 Å². The van der Waals surface area contributed by atoms with Gasteiger partial charge in [0.05, 0.1) is 45.4 Å². The van der Waals surface area contributed by atoms with Gasteiger partial charge in [0.15, 0.2) is 0 Å². The van der Waals surface area contributed by atoms with Gasteiger partial charge in [0.1, 0.15) is 0 Å². The lowest BCUT2D eigenvalue weighted by Crippen LogP contribution is -1.97. The van der Waals surface area contributed by atoms with Crippen molar-refractivity contribution < 1.29 is 0 Å². The molecule has 214 valence electrons. The first kappa shape index (κ1) is 27.1. The van der Waals surface area contributed by atoms with Crippen molar-refractivity contribution in [3.8, 4) is 62.2 Å². The highest BCUT2D eigenvalue weighted by Crippen LogP contribution is 2.39. The highest BCUT2D eigenvalue weighted by Gasteiger charge is 2.18. The molecule has 0 saturated carbocycles. The van der Waals surface area contributed by atoms with Crippen LogP contribution in [0.15, 0.2) is 158 Å². The summed E-state index contributed by atoms with van der Waals surface area (Å²) in [6.45, 7) is 0. The predicted molar refractivity (Wildman–Crippen MR) is 187 cm³/mol. The van der Waals surface area contributed by atoms with E-state index >= 15 is 0 Å². The molecular weight excluding hydrogens is 560 g/mol. The van der Waals surface area contributed by atoms with Crippen LogP contribution in [-0.4, -0.2) is 15.0 Å². The minimum absolute atomic E-state index is 0.607. The van der Waals surface area contributed by atoms with Crippen LogP contribution in [-0.2, 0) is 0 Å². The van der Waals surface area contributed by atoms with Crippen molar-refractivity contribution in [3.05, 3.63) is 163 Å². The van der Waals surface area contributed by atoms with Crippen molar-refractivity contribution in [1.82, 2.24) is 15.0 Å². The number of para-hydroxylation sites is 2. The molecule has 2 heterocycles. The maximum atomic E-state index is 9.39. The number of nitriles is 1. The Morgan fingerprint density at radius 3 is 1.50 bits per heavy atom. The maximum Gasteiger partial charge on any atom is 0.0991 e. The van der Waals surface area contributed by atoms with Gasteiger partial charge in [-0.3, -0.25) is 0 Å². The van der Waals surface area contributed by atoms with Crippen LogP contribution in [0.4, 0.5) is 0 Å². The van der Waals surface area contributed by atoms with Crippen LogP contribution in [0.25, 0.3) is 78.0 Å². The number of hydrogen-bond donors (Lipinski definition) is 0. The van der Waals surface area contributed by atoms with Crippen molar-refractivity contribution in [3.63, 3.8) is 0 Å². The summed E-state index contributed by atoms with van der Waals surface area (Å²) < 4.78 is 0. The Kier molecular flexibility index (Phi) is 6.83. The Morgan fingerprint density at radius 2 is 0.913 bits per heavy atom. The molecule has 46 heavy (non-hydrogen) atoms. The van der Waals surface area contributed by atoms with E-state index < -0.39 is 0 Å². The third kappa shape index (κ3) is 4.96. The van der Waals surface area contributed by atoms with Crippen LogP contribution in [0.3, 0.4) is 0 Å². The van der Waals surface area contributed by atoms with E-state index in [0.717, 1.165) is 78.0 Å². The van der Waals surface area contributed by atoms with E-state index in [9.17, 15) is 5.26 Å². The Labute approximate surface area is 266 Å². The zero-order valence-corrected chi connectivity index (χ0v) is 24.8. The second kappa shape index (κ2) is 11.6. The topological polar surface area (TPSA) is 62.5 Å². The van der Waals surface area contributed by atoms with Crippen LogP contribution in [0.2, 0.25) is 0 Å². The average molecular weight is 587 g/mol. The molecule has 0 spiro atoms. The van der Waals surface area contributed by atoms with Gasteiger partial charge in [-0.1, -0.05) is 121 Å². The van der Waals surface area contributed by atoms with Crippen LogP contribution < -0.4 is 0 Å². The lowest BCUT2D eigenvalue weighted by molar-refractivity contribution is 1.30. The Hall–Kier alpha value is -6.44. The number of pyridine rings is 1. The molecule has 0 amide bonds. The van der Waals surface area contributed by atoms with Gasteiger partial charge in [0, 0.05) is 22.3 Å². The summed E-state index contributed by atoms with van der Waals surface area (Å²) in [4.78, 5) is 15.4. The summed E-state index contributed by atoms with van der Waals surface area (Å²) in [6.07, 6.45) is 0. The second-order valence-electron chi connectivity index (χ2n) is 11.2. The van der Waals surface area contributed by atoms with Gasteiger partial charge in [0.25, 0.3) is 0 Å². The largest absolute Gasteiger partial charge is 0.248 e. The molecule has 4 nitrogen and oxygen atoms in total. The van der Waals surface area contributed by atoms with Crippen LogP contribution >= 0.6 is 0 Å². The summed E-state index contributed by atoms with van der Waals surface area (Å²) in [5, 5.41) is 11.6. The summed E-state index contributed by atoms with van der Waals surface area (Å²) in [5.74, 6) is 0. The molecule has 0 aliphatic carbocycles. The summed E-state index contributed by atoms with van der Waals surface area (Å²) >= 11 is 0. The number of hydrogen-bond acceptors (Lipinski definition) is 4. The van der Waals surface area contributed by atoms with E-state index in [2.05, 4.69) is 78.9 Å². The van der Waals surface area contributed by atoms with E-state index in [0.29, 0.717) is 5.56 Å². The Bertz CT molecular complexity index is 2350. The van der Waals surface area contributed by atoms with Gasteiger partial charge in [-0.05, 0) is 58.3 Å². The molecule has 0 aliphatic rings. The third-order valence-corrected chi connectivity index (χ3v) is 8.31. The van der Waals surface area contributed by atoms with E-state index in [1.165, 1.54) is 0 Å². The Morgan fingerprint density at radius 1 is 0.391 bits per heavy atom. The zero-order valence-electron chi connectivity index (χ0n) is 24.8. The number of fused-ring (bicyclic) bond motifs is 2. The molecule has 0 bridgehead atoms. The fraction of sp³-hybridized carbons (Fsp3) is 0. The van der Waals surface area contributed by atoms with Crippen molar-refractivity contribution in [2.45, 2.75) is 0 Å². The molecule has 0 saturated heterocycles. The number of benzene rings is 6. The molecule has 2 aromatic heterocycles. The number of nitrogens with zero attached hydrogens (tertiary/aromatic N) is 4. The summed E-state index contributed by atoms with van der Waals surface area (Å²) in [6, 6.07) is 55.6. The minimum atomic E-state index is 0.607. The third-order valence-electron chi connectivity index (χ3n) is 8.31. The first-order valence-corrected chi connectivity index (χ1v) is 15.2. The van der Waals surface area contributed by atoms with Gasteiger partial charge in [-0.15, -0.1) is 0 Å². The van der Waals surface area contributed by atoms with Crippen LogP contribution in [0, 0.1) is 11.3 Å². The highest BCUT2D eigenvalue weighted by molar-refractivity contribution is 6.06. The summed E-state index contributed by atoms with van der Waals surface area (Å²) in [5.41, 5.74) is 11.9. The summed E-state index contributed by atoms with van der Waals surface area (Å²) in [7, 11) is 0. The monoisotopic (exact) mass is 586 g/mol. The van der Waals surface area contributed by atoms with Crippen LogP contribution in [0.1, 0.15) is 5.56 Å². The number of aromatic nitrogens is 3. The molecule has 0 N–H and O–H groups in total. The van der Waals surface area contributed by atoms with E-state index in [-0.39, 0.29) is 0 Å². The van der Waals surface area contributed by atoms with Gasteiger partial charge in [-0.25, -0.2) is 15.0 Å². The normalized spacial score (nSPS) is 11.0. The van der Waals surface area contributed by atoms with E-state index in [1.54, 1.807) is 0 Å². The fourth-order valence-corrected chi connectivity index (χ4v) is 6.06. The first-order valence-electron chi connectivity index (χ1n) is 15.2. The van der Waals surface area contributed by atoms with Crippen LogP contribution in [0.5, 0.6) is 0 Å². The molecule has 0 atom stereocenters. The zero-order chi connectivity index (χ0) is 30.9. The molecule has 6 aromatic carbocycles. The van der Waals surface area contributed by atoms with Gasteiger partial charge >= 0.3 is 0 Å². The van der Waals surface area contributed by atoms with Crippen molar-refractivity contribution in [1.29, 1.82) is 5.26 Å². The van der Waals surface area contributed by atoms with Crippen molar-refractivity contribution in [2.24, 2.45) is 0 Å². The molecule has 4 heteroatoms. The quantitative estimate of drug-likeness (QED) is 0.201. The first-order chi connectivity index (χ1) is 22.7. The lowest BCUT2D eigenvalue weighted by atomic mass is 9.92. The molecule has 0 unspecified atom stereocenters. The van der Waals surface area contributed by atoms with Gasteiger partial charge in [0.2, 0.25) is 0 Å². The molecule has 0 fully saturated rings. The van der Waals surface area contributed by atoms with Gasteiger partial charge < -0.3 is 0 Å². The highest BCUT2D eigenvalue weighted by atomic mass is 14.8. The molecule has 8 aromatic rings. The Balaban J connectivity index is 1.36. The molecule has 8 rings (SSSR count). The molecule has 0 aliphatic heterocycles. The predicted octanol–water partition coefficient (Wildman–Crippen LogP) is 10.4. The molecule has 0 radical (unpaired) electrons. The maximum absolute atomic E-state index is 9.39. The SMILES string of the molecule is N#Cc1ccc(-c2nc3ccccc3nc2-c2cccc3c(-c4cc(-c5ccccc5)nc(-c5ccccc5)c4)cccc23)cc1. The smallest absolute Gasteiger partial charge is 0.0991 e. The van der Waals surface area contributed by atoms with Gasteiger partial charge in [-0.2, -0.15) is 5.26 Å². The minimum Gasteiger partial charge on any atom is -0.248 e. The van der Waals surface area contributed by atoms with E-state index in [4.69, 9.17) is 15.0 Å². The fourth-order valence-electron chi connectivity index (χ4n) is 6.06. The second-order valence-corrected chi connectivity index (χ2v) is 11.2. The lowest BCUT2D eigenvalue weighted by Gasteiger charge is -2.15. The molecular formula is C42H26N4. The van der Waals surface area contributed by atoms with Crippen molar-refractivity contribution >= 4 is 21.8 Å². The average Bonchev–Trinajstić information content (AvgIpc) is 3.14. The standard InChI is InChI=1S/C42H26N4/c43-27-28-21-23-31(24-22-28)41-42(46-38-20-8-7-19-37(38)45-41)36-18-10-16-34-33(15-9-17-35(34)36)32-25-39(29-11-3-1-4-12-29)44-40(26-32)30-13-5-2-6-14-30/h1-26H. The van der Waals surface area contributed by atoms with Crippen molar-refractivity contribution in [2.75, 3.05) is 0 Å². The number of rotatable bonds is 5.